The topological polar surface area (TPSA) is 62.1 Å². The zero-order chi connectivity index (χ0) is 11.7. The van der Waals surface area contributed by atoms with Crippen LogP contribution in [0.15, 0.2) is 12.3 Å². The van der Waals surface area contributed by atoms with Crippen molar-refractivity contribution in [3.63, 3.8) is 0 Å². The summed E-state index contributed by atoms with van der Waals surface area (Å²) < 4.78 is 0. The highest BCUT2D eigenvalue weighted by Crippen LogP contribution is 2.25. The van der Waals surface area contributed by atoms with Gasteiger partial charge in [-0.3, -0.25) is 4.79 Å². The lowest BCUT2D eigenvalue weighted by Crippen LogP contribution is -2.48. The largest absolute Gasteiger partial charge is 0.397 e. The average molecular weight is 239 g/mol. The summed E-state index contributed by atoms with van der Waals surface area (Å²) in [7, 11) is 0. The van der Waals surface area contributed by atoms with Crippen molar-refractivity contribution in [3.05, 3.63) is 18.0 Å². The smallest absolute Gasteiger partial charge is 0.270 e. The Kier molecular flexibility index (Phi) is 3.14. The molecule has 1 aromatic heterocycles. The van der Waals surface area contributed by atoms with Crippen LogP contribution in [0.5, 0.6) is 0 Å². The van der Waals surface area contributed by atoms with E-state index in [1.165, 1.54) is 0 Å². The second-order valence-corrected chi connectivity index (χ2v) is 5.65. The highest BCUT2D eigenvalue weighted by molar-refractivity contribution is 8.00. The molecule has 1 aliphatic rings. The molecule has 1 amide bonds. The molecule has 3 N–H and O–H groups in total. The van der Waals surface area contributed by atoms with E-state index in [1.807, 2.05) is 16.7 Å². The summed E-state index contributed by atoms with van der Waals surface area (Å²) in [6.07, 6.45) is 1.65. The second-order valence-electron chi connectivity index (χ2n) is 4.16. The van der Waals surface area contributed by atoms with E-state index in [1.54, 1.807) is 12.3 Å². The lowest BCUT2D eigenvalue weighted by molar-refractivity contribution is 0.0693. The Hall–Kier alpha value is -1.10. The summed E-state index contributed by atoms with van der Waals surface area (Å²) in [5.41, 5.74) is 6.80. The number of H-pyrrole nitrogens is 1. The quantitative estimate of drug-likeness (QED) is 0.782. The Bertz CT molecular complexity index is 390. The van der Waals surface area contributed by atoms with E-state index in [0.29, 0.717) is 16.6 Å². The van der Waals surface area contributed by atoms with Gasteiger partial charge in [0, 0.05) is 35.5 Å². The number of aromatic amines is 1. The summed E-state index contributed by atoms with van der Waals surface area (Å²) in [5, 5.41) is 0.491. The lowest BCUT2D eigenvalue weighted by Gasteiger charge is -2.37. The fourth-order valence-electron chi connectivity index (χ4n) is 1.91. The third-order valence-corrected chi connectivity index (χ3v) is 4.42. The van der Waals surface area contributed by atoms with Crippen LogP contribution in [0.25, 0.3) is 0 Å². The normalized spacial score (nSPS) is 25.8. The maximum atomic E-state index is 12.2. The van der Waals surface area contributed by atoms with Gasteiger partial charge in [-0.15, -0.1) is 0 Å². The minimum Gasteiger partial charge on any atom is -0.397 e. The zero-order valence-electron chi connectivity index (χ0n) is 9.56. The number of nitrogens with zero attached hydrogens (tertiary/aromatic N) is 1. The molecule has 0 aliphatic carbocycles. The first kappa shape index (κ1) is 11.4. The monoisotopic (exact) mass is 239 g/mol. The van der Waals surface area contributed by atoms with Crippen molar-refractivity contribution in [2.45, 2.75) is 25.1 Å². The van der Waals surface area contributed by atoms with Crippen LogP contribution in [-0.2, 0) is 0 Å². The molecule has 1 aromatic rings. The predicted octanol–water partition coefficient (Wildman–Crippen LogP) is 1.56. The Morgan fingerprint density at radius 1 is 1.62 bits per heavy atom. The van der Waals surface area contributed by atoms with Gasteiger partial charge in [0.05, 0.1) is 0 Å². The molecule has 88 valence electrons. The SMILES string of the molecule is CC1SCCN(C(=O)c2cc(N)c[nH]2)C1C. The van der Waals surface area contributed by atoms with Gasteiger partial charge in [-0.05, 0) is 13.0 Å². The molecule has 0 aromatic carbocycles. The summed E-state index contributed by atoms with van der Waals surface area (Å²) in [6.45, 7) is 5.08. The first-order valence-corrected chi connectivity index (χ1v) is 6.51. The van der Waals surface area contributed by atoms with Gasteiger partial charge in [-0.1, -0.05) is 6.92 Å². The van der Waals surface area contributed by atoms with Crippen LogP contribution >= 0.6 is 11.8 Å². The second kappa shape index (κ2) is 4.41. The number of aromatic nitrogens is 1. The number of nitrogens with two attached hydrogens (primary N) is 1. The summed E-state index contributed by atoms with van der Waals surface area (Å²) in [6, 6.07) is 1.97. The van der Waals surface area contributed by atoms with E-state index in [-0.39, 0.29) is 11.9 Å². The number of amides is 1. The number of nitrogens with one attached hydrogen (secondary N) is 1. The van der Waals surface area contributed by atoms with E-state index in [2.05, 4.69) is 18.8 Å². The molecule has 2 rings (SSSR count). The Labute approximate surface area is 99.6 Å². The minimum atomic E-state index is 0.0522. The van der Waals surface area contributed by atoms with Gasteiger partial charge in [-0.2, -0.15) is 11.8 Å². The fraction of sp³-hybridized carbons (Fsp3) is 0.545. The number of hydrogen-bond acceptors (Lipinski definition) is 3. The molecule has 16 heavy (non-hydrogen) atoms. The summed E-state index contributed by atoms with van der Waals surface area (Å²) in [4.78, 5) is 17.0. The molecule has 0 bridgehead atoms. The summed E-state index contributed by atoms with van der Waals surface area (Å²) in [5.74, 6) is 1.06. The van der Waals surface area contributed by atoms with Crippen LogP contribution in [0, 0.1) is 0 Å². The minimum absolute atomic E-state index is 0.0522. The number of thioether (sulfide) groups is 1. The first-order valence-electron chi connectivity index (χ1n) is 5.46. The molecule has 4 nitrogen and oxygen atoms in total. The van der Waals surface area contributed by atoms with Gasteiger partial charge in [0.15, 0.2) is 0 Å². The molecule has 0 saturated carbocycles. The van der Waals surface area contributed by atoms with Crippen molar-refractivity contribution in [1.82, 2.24) is 9.88 Å². The average Bonchev–Trinajstić information content (AvgIpc) is 2.68. The van der Waals surface area contributed by atoms with Gasteiger partial charge in [0.2, 0.25) is 0 Å². The van der Waals surface area contributed by atoms with Gasteiger partial charge in [-0.25, -0.2) is 0 Å². The number of rotatable bonds is 1. The highest BCUT2D eigenvalue weighted by atomic mass is 32.2. The lowest BCUT2D eigenvalue weighted by atomic mass is 10.2. The zero-order valence-corrected chi connectivity index (χ0v) is 10.4. The van der Waals surface area contributed by atoms with Crippen LogP contribution in [0.4, 0.5) is 5.69 Å². The molecular formula is C11H17N3OS. The van der Waals surface area contributed by atoms with E-state index < -0.39 is 0 Å². The van der Waals surface area contributed by atoms with Crippen molar-refractivity contribution in [2.24, 2.45) is 0 Å². The third kappa shape index (κ3) is 2.04. The Balaban J connectivity index is 2.15. The maximum absolute atomic E-state index is 12.2. The third-order valence-electron chi connectivity index (χ3n) is 3.08. The standard InChI is InChI=1S/C11H17N3OS/c1-7-8(2)16-4-3-14(7)11(15)10-5-9(12)6-13-10/h5-8,13H,3-4,12H2,1-2H3. The molecule has 2 heterocycles. The fourth-order valence-corrected chi connectivity index (χ4v) is 3.01. The molecule has 0 spiro atoms. The van der Waals surface area contributed by atoms with Gasteiger partial charge in [0.1, 0.15) is 5.69 Å². The van der Waals surface area contributed by atoms with Crippen molar-refractivity contribution < 1.29 is 4.79 Å². The van der Waals surface area contributed by atoms with Crippen LogP contribution in [-0.4, -0.2) is 39.4 Å². The van der Waals surface area contributed by atoms with Crippen LogP contribution < -0.4 is 5.73 Å². The van der Waals surface area contributed by atoms with Crippen LogP contribution in [0.2, 0.25) is 0 Å². The van der Waals surface area contributed by atoms with Crippen molar-refractivity contribution in [1.29, 1.82) is 0 Å². The number of carbonyl (C=O) groups excluding carboxylic acids is 1. The molecule has 2 atom stereocenters. The Morgan fingerprint density at radius 2 is 2.38 bits per heavy atom. The van der Waals surface area contributed by atoms with E-state index in [4.69, 9.17) is 5.73 Å². The number of nitrogen functional groups attached to an aromatic ring is 1. The molecule has 1 aliphatic heterocycles. The van der Waals surface area contributed by atoms with Crippen LogP contribution in [0.1, 0.15) is 24.3 Å². The molecule has 2 unspecified atom stereocenters. The molecule has 0 radical (unpaired) electrons. The predicted molar refractivity (Wildman–Crippen MR) is 67.6 cm³/mol. The number of anilines is 1. The van der Waals surface area contributed by atoms with Crippen molar-refractivity contribution in [3.8, 4) is 0 Å². The van der Waals surface area contributed by atoms with Gasteiger partial charge >= 0.3 is 0 Å². The van der Waals surface area contributed by atoms with Crippen molar-refractivity contribution >= 4 is 23.4 Å². The number of carbonyl (C=O) groups is 1. The van der Waals surface area contributed by atoms with E-state index in [0.717, 1.165) is 12.3 Å². The Morgan fingerprint density at radius 3 is 3.00 bits per heavy atom. The van der Waals surface area contributed by atoms with Gasteiger partial charge in [0.25, 0.3) is 5.91 Å². The highest BCUT2D eigenvalue weighted by Gasteiger charge is 2.29. The van der Waals surface area contributed by atoms with E-state index >= 15 is 0 Å². The molecule has 1 saturated heterocycles. The van der Waals surface area contributed by atoms with Crippen molar-refractivity contribution in [2.75, 3.05) is 18.0 Å². The van der Waals surface area contributed by atoms with E-state index in [9.17, 15) is 4.79 Å². The number of hydrogen-bond donors (Lipinski definition) is 2. The molecular weight excluding hydrogens is 222 g/mol. The molecule has 1 fully saturated rings. The summed E-state index contributed by atoms with van der Waals surface area (Å²) >= 11 is 1.92. The van der Waals surface area contributed by atoms with Gasteiger partial charge < -0.3 is 15.6 Å². The molecule has 5 heteroatoms. The first-order chi connectivity index (χ1) is 7.59. The maximum Gasteiger partial charge on any atom is 0.270 e. The van der Waals surface area contributed by atoms with Crippen LogP contribution in [0.3, 0.4) is 0 Å².